The van der Waals surface area contributed by atoms with E-state index in [2.05, 4.69) is 4.74 Å². The van der Waals surface area contributed by atoms with Crippen LogP contribution >= 0.6 is 0 Å². The second-order valence-electron chi connectivity index (χ2n) is 4.29. The molecule has 1 heterocycles. The van der Waals surface area contributed by atoms with Crippen molar-refractivity contribution < 1.29 is 32.8 Å². The van der Waals surface area contributed by atoms with Crippen LogP contribution in [0.15, 0.2) is 12.2 Å². The van der Waals surface area contributed by atoms with E-state index >= 15 is 0 Å². The van der Waals surface area contributed by atoms with Crippen LogP contribution in [0.5, 0.6) is 0 Å². The van der Waals surface area contributed by atoms with Crippen molar-refractivity contribution in [3.8, 4) is 0 Å². The van der Waals surface area contributed by atoms with Gasteiger partial charge in [-0.25, -0.2) is 0 Å². The Labute approximate surface area is 118 Å². The first kappa shape index (κ1) is 16.4. The first-order valence-electron chi connectivity index (χ1n) is 5.75. The zero-order chi connectivity index (χ0) is 15.5. The molecular formula is C12H16O7S. The second-order valence-corrected chi connectivity index (χ2v) is 6.20. The molecule has 1 rings (SSSR count). The van der Waals surface area contributed by atoms with Crippen molar-refractivity contribution in [3.63, 3.8) is 0 Å². The molecule has 0 amide bonds. The topological polar surface area (TPSA) is 96.0 Å². The molecule has 8 heteroatoms. The maximum Gasteiger partial charge on any atom is 0.328 e. The molecule has 0 aliphatic carbocycles. The molecule has 0 spiro atoms. The minimum absolute atomic E-state index is 0.627. The summed E-state index contributed by atoms with van der Waals surface area (Å²) in [7, 11) is -0.826. The van der Waals surface area contributed by atoms with Crippen molar-refractivity contribution in [2.45, 2.75) is 37.1 Å². The summed E-state index contributed by atoms with van der Waals surface area (Å²) < 4.78 is 25.3. The predicted octanol–water partition coefficient (Wildman–Crippen LogP) is 0.0575. The molecule has 0 saturated carbocycles. The predicted molar refractivity (Wildman–Crippen MR) is 68.8 cm³/mol. The zero-order valence-corrected chi connectivity index (χ0v) is 12.4. The molecule has 0 aromatic rings. The van der Waals surface area contributed by atoms with E-state index in [0.717, 1.165) is 7.11 Å². The van der Waals surface area contributed by atoms with Crippen molar-refractivity contribution in [1.29, 1.82) is 0 Å². The first-order valence-corrected chi connectivity index (χ1v) is 6.96. The summed E-state index contributed by atoms with van der Waals surface area (Å²) in [6, 6.07) is 0. The highest BCUT2D eigenvalue weighted by atomic mass is 32.2. The van der Waals surface area contributed by atoms with Gasteiger partial charge in [-0.2, -0.15) is 0 Å². The largest absolute Gasteiger partial charge is 0.468 e. The van der Waals surface area contributed by atoms with Crippen LogP contribution in [0.4, 0.5) is 0 Å². The van der Waals surface area contributed by atoms with Gasteiger partial charge in [-0.05, 0) is 19.1 Å². The summed E-state index contributed by atoms with van der Waals surface area (Å²) in [6.45, 7) is 3.67. The highest BCUT2D eigenvalue weighted by Gasteiger charge is 2.54. The monoisotopic (exact) mass is 304 g/mol. The van der Waals surface area contributed by atoms with Gasteiger partial charge in [0.1, 0.15) is 6.10 Å². The lowest BCUT2D eigenvalue weighted by molar-refractivity contribution is -0.154. The zero-order valence-electron chi connectivity index (χ0n) is 11.6. The molecule has 20 heavy (non-hydrogen) atoms. The molecule has 7 nitrogen and oxygen atoms in total. The fourth-order valence-electron chi connectivity index (χ4n) is 1.78. The Morgan fingerprint density at radius 1 is 1.10 bits per heavy atom. The molecule has 112 valence electrons. The lowest BCUT2D eigenvalue weighted by Gasteiger charge is -2.36. The SMILES string of the molecule is COC(=O)[C@]1(C)[C@@H](OC(C)=O)C=C[C@@H](OC(C)=O)[S@]1=O. The quantitative estimate of drug-likeness (QED) is 0.413. The van der Waals surface area contributed by atoms with E-state index in [1.165, 1.54) is 32.9 Å². The number of esters is 3. The van der Waals surface area contributed by atoms with Crippen LogP contribution in [0.2, 0.25) is 0 Å². The number of ether oxygens (including phenoxy) is 3. The van der Waals surface area contributed by atoms with Gasteiger partial charge in [0.15, 0.2) is 10.2 Å². The fourth-order valence-corrected chi connectivity index (χ4v) is 3.32. The molecule has 0 saturated heterocycles. The van der Waals surface area contributed by atoms with Crippen molar-refractivity contribution >= 4 is 28.7 Å². The Morgan fingerprint density at radius 2 is 1.65 bits per heavy atom. The van der Waals surface area contributed by atoms with Crippen LogP contribution in [0.3, 0.4) is 0 Å². The van der Waals surface area contributed by atoms with E-state index in [-0.39, 0.29) is 0 Å². The maximum absolute atomic E-state index is 12.5. The Bertz CT molecular complexity index is 484. The van der Waals surface area contributed by atoms with Gasteiger partial charge in [-0.1, -0.05) is 0 Å². The van der Waals surface area contributed by atoms with Gasteiger partial charge in [0.2, 0.25) is 0 Å². The molecular weight excluding hydrogens is 288 g/mol. The molecule has 0 bridgehead atoms. The Kier molecular flexibility index (Phi) is 5.04. The number of carbonyl (C=O) groups excluding carboxylic acids is 3. The van der Waals surface area contributed by atoms with Gasteiger partial charge in [0.25, 0.3) is 0 Å². The second kappa shape index (κ2) is 6.17. The van der Waals surface area contributed by atoms with Crippen molar-refractivity contribution in [1.82, 2.24) is 0 Å². The third kappa shape index (κ3) is 3.06. The average Bonchev–Trinajstić information content (AvgIpc) is 2.36. The van der Waals surface area contributed by atoms with E-state index in [1.54, 1.807) is 0 Å². The summed E-state index contributed by atoms with van der Waals surface area (Å²) in [6.07, 6.45) is 1.64. The minimum Gasteiger partial charge on any atom is -0.468 e. The molecule has 1 aliphatic heterocycles. The Hall–Kier alpha value is -1.70. The van der Waals surface area contributed by atoms with Crippen molar-refractivity contribution in [2.24, 2.45) is 0 Å². The third-order valence-corrected chi connectivity index (χ3v) is 4.69. The summed E-state index contributed by atoms with van der Waals surface area (Å²) in [5.74, 6) is -2.08. The van der Waals surface area contributed by atoms with Crippen LogP contribution in [0, 0.1) is 0 Å². The number of carbonyl (C=O) groups is 3. The van der Waals surface area contributed by atoms with E-state index in [9.17, 15) is 18.6 Å². The lowest BCUT2D eigenvalue weighted by atomic mass is 10.0. The van der Waals surface area contributed by atoms with Gasteiger partial charge in [0, 0.05) is 13.8 Å². The van der Waals surface area contributed by atoms with Gasteiger partial charge in [0.05, 0.1) is 17.9 Å². The highest BCUT2D eigenvalue weighted by Crippen LogP contribution is 2.32. The molecule has 0 aromatic carbocycles. The summed E-state index contributed by atoms with van der Waals surface area (Å²) in [5.41, 5.74) is -1.09. The van der Waals surface area contributed by atoms with Gasteiger partial charge < -0.3 is 14.2 Å². The van der Waals surface area contributed by atoms with Crippen LogP contribution in [0.1, 0.15) is 20.8 Å². The summed E-state index contributed by atoms with van der Waals surface area (Å²) in [5, 5.41) is 0. The molecule has 1 aliphatic rings. The van der Waals surface area contributed by atoms with Crippen LogP contribution in [0.25, 0.3) is 0 Å². The fraction of sp³-hybridized carbons (Fsp3) is 0.583. The Balaban J connectivity index is 3.19. The van der Waals surface area contributed by atoms with E-state index in [0.29, 0.717) is 0 Å². The van der Waals surface area contributed by atoms with Gasteiger partial charge in [-0.3, -0.25) is 18.6 Å². The van der Waals surface area contributed by atoms with E-state index in [4.69, 9.17) is 9.47 Å². The highest BCUT2D eigenvalue weighted by molar-refractivity contribution is 7.88. The minimum atomic E-state index is -1.96. The van der Waals surface area contributed by atoms with Crippen molar-refractivity contribution in [2.75, 3.05) is 7.11 Å². The van der Waals surface area contributed by atoms with Crippen molar-refractivity contribution in [3.05, 3.63) is 12.2 Å². The number of rotatable bonds is 3. The van der Waals surface area contributed by atoms with Crippen LogP contribution < -0.4 is 0 Å². The first-order chi connectivity index (χ1) is 9.23. The van der Waals surface area contributed by atoms with Gasteiger partial charge in [-0.15, -0.1) is 0 Å². The molecule has 0 radical (unpaired) electrons. The van der Waals surface area contributed by atoms with Gasteiger partial charge >= 0.3 is 17.9 Å². The van der Waals surface area contributed by atoms with Crippen LogP contribution in [-0.4, -0.2) is 45.5 Å². The summed E-state index contributed by atoms with van der Waals surface area (Å²) >= 11 is 0. The smallest absolute Gasteiger partial charge is 0.328 e. The normalized spacial score (nSPS) is 32.3. The number of hydrogen-bond acceptors (Lipinski definition) is 7. The molecule has 0 N–H and O–H groups in total. The third-order valence-electron chi connectivity index (χ3n) is 2.78. The van der Waals surface area contributed by atoms with E-state index in [1.807, 2.05) is 0 Å². The number of hydrogen-bond donors (Lipinski definition) is 0. The van der Waals surface area contributed by atoms with E-state index < -0.39 is 45.0 Å². The Morgan fingerprint density at radius 3 is 2.10 bits per heavy atom. The molecule has 4 atom stereocenters. The maximum atomic E-state index is 12.5. The standard InChI is InChI=1S/C12H16O7S/c1-7(13)18-9-5-6-10(19-8(2)14)20(16)12(9,3)11(15)17-4/h5-6,9-10H,1-4H3/t9-,10-,12-,20+/m0/s1. The molecule has 0 fully saturated rings. The number of methoxy groups -OCH3 is 1. The molecule has 0 unspecified atom stereocenters. The average molecular weight is 304 g/mol. The lowest BCUT2D eigenvalue weighted by Crippen LogP contribution is -2.56. The summed E-state index contributed by atoms with van der Waals surface area (Å²) in [4.78, 5) is 34.0. The van der Waals surface area contributed by atoms with Crippen LogP contribution in [-0.2, 0) is 39.4 Å². The molecule has 0 aromatic heterocycles.